The van der Waals surface area contributed by atoms with Crippen molar-refractivity contribution in [3.8, 4) is 11.4 Å². The quantitative estimate of drug-likeness (QED) is 0.738. The summed E-state index contributed by atoms with van der Waals surface area (Å²) in [6.07, 6.45) is 6.94. The van der Waals surface area contributed by atoms with Gasteiger partial charge in [-0.2, -0.15) is 0 Å². The number of anilines is 2. The van der Waals surface area contributed by atoms with E-state index in [0.717, 1.165) is 31.7 Å². The number of nitrogens with two attached hydrogens (primary N) is 2. The van der Waals surface area contributed by atoms with Crippen molar-refractivity contribution in [1.82, 2.24) is 15.0 Å². The molecule has 3 rings (SSSR count). The fourth-order valence-corrected chi connectivity index (χ4v) is 2.69. The van der Waals surface area contributed by atoms with Gasteiger partial charge in [0.15, 0.2) is 0 Å². The lowest BCUT2D eigenvalue weighted by atomic mass is 10.1. The highest BCUT2D eigenvalue weighted by Crippen LogP contribution is 2.23. The van der Waals surface area contributed by atoms with Crippen molar-refractivity contribution in [2.75, 3.05) is 23.7 Å². The van der Waals surface area contributed by atoms with Crippen LogP contribution in [0.5, 0.6) is 0 Å². The first-order valence-electron chi connectivity index (χ1n) is 7.68. The molecular weight excluding hydrogens is 290 g/mol. The lowest BCUT2D eigenvalue weighted by Crippen LogP contribution is -2.40. The van der Waals surface area contributed by atoms with Crippen molar-refractivity contribution in [2.45, 2.75) is 25.8 Å². The fourth-order valence-electron chi connectivity index (χ4n) is 2.69. The van der Waals surface area contributed by atoms with Gasteiger partial charge in [-0.15, -0.1) is 0 Å². The molecule has 2 aromatic heterocycles. The predicted octanol–water partition coefficient (Wildman–Crippen LogP) is 1.44. The van der Waals surface area contributed by atoms with E-state index in [0.29, 0.717) is 28.4 Å². The van der Waals surface area contributed by atoms with Gasteiger partial charge in [0.25, 0.3) is 0 Å². The first-order chi connectivity index (χ1) is 11.0. The fraction of sp³-hybridized carbons (Fsp3) is 0.375. The van der Waals surface area contributed by atoms with Crippen molar-refractivity contribution in [3.05, 3.63) is 30.2 Å². The van der Waals surface area contributed by atoms with Crippen LogP contribution in [-0.4, -0.2) is 39.8 Å². The van der Waals surface area contributed by atoms with Crippen molar-refractivity contribution in [3.63, 3.8) is 0 Å². The summed E-state index contributed by atoms with van der Waals surface area (Å²) in [4.78, 5) is 15.5. The van der Waals surface area contributed by atoms with Crippen LogP contribution in [-0.2, 0) is 0 Å². The molecule has 5 N–H and O–H groups in total. The van der Waals surface area contributed by atoms with E-state index < -0.39 is 0 Å². The molecule has 0 spiro atoms. The Kier molecular flexibility index (Phi) is 4.20. The van der Waals surface area contributed by atoms with Crippen LogP contribution in [0.15, 0.2) is 24.7 Å². The summed E-state index contributed by atoms with van der Waals surface area (Å²) < 4.78 is 0. The minimum Gasteiger partial charge on any atom is -0.397 e. The maximum Gasteiger partial charge on any atom is 0.147 e. The topological polar surface area (TPSA) is 118 Å². The molecule has 0 bridgehead atoms. The molecule has 0 amide bonds. The molecule has 2 aromatic rings. The van der Waals surface area contributed by atoms with Crippen LogP contribution in [0.4, 0.5) is 11.5 Å². The molecule has 1 aliphatic heterocycles. The van der Waals surface area contributed by atoms with Crippen LogP contribution in [0, 0.1) is 5.41 Å². The second-order valence-electron chi connectivity index (χ2n) is 5.87. The first-order valence-corrected chi connectivity index (χ1v) is 7.68. The van der Waals surface area contributed by atoms with Crippen molar-refractivity contribution >= 4 is 17.2 Å². The first kappa shape index (κ1) is 15.4. The Morgan fingerprint density at radius 1 is 1.22 bits per heavy atom. The molecule has 1 aliphatic rings. The molecule has 0 unspecified atom stereocenters. The molecule has 0 aliphatic carbocycles. The van der Waals surface area contributed by atoms with E-state index in [9.17, 15) is 0 Å². The van der Waals surface area contributed by atoms with Gasteiger partial charge in [-0.25, -0.2) is 4.98 Å². The summed E-state index contributed by atoms with van der Waals surface area (Å²) >= 11 is 0. The summed E-state index contributed by atoms with van der Waals surface area (Å²) in [6.45, 7) is 3.48. The molecule has 0 aromatic carbocycles. The van der Waals surface area contributed by atoms with Crippen molar-refractivity contribution in [1.29, 1.82) is 5.41 Å². The Balaban J connectivity index is 1.91. The Morgan fingerprint density at radius 3 is 2.65 bits per heavy atom. The molecule has 1 saturated heterocycles. The zero-order valence-electron chi connectivity index (χ0n) is 13.2. The third-order valence-electron chi connectivity index (χ3n) is 4.09. The van der Waals surface area contributed by atoms with Crippen LogP contribution in [0.25, 0.3) is 11.4 Å². The zero-order valence-corrected chi connectivity index (χ0v) is 13.2. The molecule has 120 valence electrons. The summed E-state index contributed by atoms with van der Waals surface area (Å²) in [5.74, 6) is 0.834. The van der Waals surface area contributed by atoms with Gasteiger partial charge in [0.2, 0.25) is 0 Å². The smallest absolute Gasteiger partial charge is 0.147 e. The Bertz CT molecular complexity index is 720. The minimum absolute atomic E-state index is 0.277. The summed E-state index contributed by atoms with van der Waals surface area (Å²) in [6, 6.07) is 2.07. The number of rotatable bonds is 3. The Labute approximate surface area is 135 Å². The van der Waals surface area contributed by atoms with Gasteiger partial charge in [0.05, 0.1) is 30.0 Å². The minimum atomic E-state index is 0.277. The van der Waals surface area contributed by atoms with Gasteiger partial charge in [-0.3, -0.25) is 9.97 Å². The third-order valence-corrected chi connectivity index (χ3v) is 4.09. The zero-order chi connectivity index (χ0) is 16.4. The average Bonchev–Trinajstić information content (AvgIpc) is 2.56. The van der Waals surface area contributed by atoms with Crippen LogP contribution < -0.4 is 16.4 Å². The molecule has 23 heavy (non-hydrogen) atoms. The molecule has 0 atom stereocenters. The molecule has 3 heterocycles. The van der Waals surface area contributed by atoms with Crippen LogP contribution >= 0.6 is 0 Å². The van der Waals surface area contributed by atoms with E-state index >= 15 is 0 Å². The van der Waals surface area contributed by atoms with Gasteiger partial charge in [0, 0.05) is 30.4 Å². The lowest BCUT2D eigenvalue weighted by Gasteiger charge is -2.30. The van der Waals surface area contributed by atoms with Crippen molar-refractivity contribution < 1.29 is 0 Å². The highest BCUT2D eigenvalue weighted by molar-refractivity contribution is 6.01. The lowest BCUT2D eigenvalue weighted by molar-refractivity contribution is 0.498. The highest BCUT2D eigenvalue weighted by atomic mass is 15.2. The monoisotopic (exact) mass is 311 g/mol. The second kappa shape index (κ2) is 6.29. The number of aromatic nitrogens is 3. The van der Waals surface area contributed by atoms with E-state index in [1.807, 2.05) is 0 Å². The largest absolute Gasteiger partial charge is 0.397 e. The molecule has 0 saturated carbocycles. The number of hydrogen-bond acceptors (Lipinski definition) is 7. The Morgan fingerprint density at radius 2 is 1.96 bits per heavy atom. The number of nitrogens with zero attached hydrogens (tertiary/aromatic N) is 4. The second-order valence-corrected chi connectivity index (χ2v) is 5.87. The maximum absolute atomic E-state index is 7.79. The van der Waals surface area contributed by atoms with E-state index in [1.54, 1.807) is 31.6 Å². The molecule has 7 heteroatoms. The van der Waals surface area contributed by atoms with Crippen LogP contribution in [0.2, 0.25) is 0 Å². The number of nitrogens with one attached hydrogen (secondary N) is 1. The Hall–Kier alpha value is -2.54. The van der Waals surface area contributed by atoms with E-state index in [4.69, 9.17) is 16.9 Å². The maximum atomic E-state index is 7.79. The summed E-state index contributed by atoms with van der Waals surface area (Å²) in [5.41, 5.74) is 14.7. The number of piperidine rings is 1. The van der Waals surface area contributed by atoms with Gasteiger partial charge in [0.1, 0.15) is 11.5 Å². The van der Waals surface area contributed by atoms with Crippen LogP contribution in [0.3, 0.4) is 0 Å². The van der Waals surface area contributed by atoms with E-state index in [2.05, 4.69) is 19.9 Å². The molecule has 1 fully saturated rings. The predicted molar refractivity (Wildman–Crippen MR) is 91.6 cm³/mol. The normalized spacial score (nSPS) is 15.7. The van der Waals surface area contributed by atoms with Gasteiger partial charge in [-0.1, -0.05) is 0 Å². The standard InChI is InChI=1S/C16H21N7/c1-10(17)12-6-14(21-7-13(12)19)15-8-20-9-16(22-15)23-4-2-11(18)3-5-23/h6-9,11,17H,2-5,18-19H2,1H3. The molecule has 7 nitrogen and oxygen atoms in total. The SMILES string of the molecule is CC(=N)c1cc(-c2cncc(N3CCC(N)CC3)n2)ncc1N. The summed E-state index contributed by atoms with van der Waals surface area (Å²) in [7, 11) is 0. The third kappa shape index (κ3) is 3.29. The van der Waals surface area contributed by atoms with E-state index in [1.165, 1.54) is 0 Å². The van der Waals surface area contributed by atoms with Crippen LogP contribution in [0.1, 0.15) is 25.3 Å². The van der Waals surface area contributed by atoms with E-state index in [-0.39, 0.29) is 6.04 Å². The van der Waals surface area contributed by atoms with Gasteiger partial charge >= 0.3 is 0 Å². The van der Waals surface area contributed by atoms with Gasteiger partial charge in [-0.05, 0) is 25.8 Å². The van der Waals surface area contributed by atoms with Gasteiger partial charge < -0.3 is 21.8 Å². The number of hydrogen-bond donors (Lipinski definition) is 3. The van der Waals surface area contributed by atoms with Crippen molar-refractivity contribution in [2.24, 2.45) is 5.73 Å². The molecule has 0 radical (unpaired) electrons. The number of pyridine rings is 1. The highest BCUT2D eigenvalue weighted by Gasteiger charge is 2.18. The summed E-state index contributed by atoms with van der Waals surface area (Å²) in [5, 5.41) is 7.79. The average molecular weight is 311 g/mol. The number of nitrogen functional groups attached to an aromatic ring is 1. The molecular formula is C16H21N7.